The minimum atomic E-state index is -0.366. The number of hydrogen-bond donors (Lipinski definition) is 1. The maximum Gasteiger partial charge on any atom is 0.127 e. The number of rotatable bonds is 5. The summed E-state index contributed by atoms with van der Waals surface area (Å²) in [6.45, 7) is 5.37. The molecule has 4 heteroatoms. The Morgan fingerprint density at radius 1 is 1.00 bits per heavy atom. The lowest BCUT2D eigenvalue weighted by Gasteiger charge is -2.36. The Kier molecular flexibility index (Phi) is 5.81. The topological polar surface area (TPSA) is 32.5 Å². The van der Waals surface area contributed by atoms with Crippen LogP contribution in [-0.4, -0.2) is 48.6 Å². The third kappa shape index (κ3) is 4.14. The monoisotopic (exact) mass is 381 g/mol. The van der Waals surface area contributed by atoms with Crippen LogP contribution in [0, 0.1) is 5.82 Å². The van der Waals surface area contributed by atoms with Crippen molar-refractivity contribution in [2.45, 2.75) is 43.7 Å². The molecule has 0 aromatic heterocycles. The largest absolute Gasteiger partial charge is 0.324 e. The number of nitrogens with two attached hydrogens (primary N) is 1. The van der Waals surface area contributed by atoms with Crippen molar-refractivity contribution in [2.75, 3.05) is 33.2 Å². The molecule has 3 nitrogen and oxygen atoms in total. The van der Waals surface area contributed by atoms with Gasteiger partial charge in [0.05, 0.1) is 0 Å². The molecule has 1 aliphatic carbocycles. The maximum atomic E-state index is 14.8. The van der Waals surface area contributed by atoms with Crippen molar-refractivity contribution in [3.8, 4) is 0 Å². The van der Waals surface area contributed by atoms with Gasteiger partial charge in [0.25, 0.3) is 0 Å². The summed E-state index contributed by atoms with van der Waals surface area (Å²) in [4.78, 5) is 4.88. The molecule has 1 aliphatic heterocycles. The maximum absolute atomic E-state index is 14.8. The number of halogens is 1. The molecule has 2 aromatic rings. The van der Waals surface area contributed by atoms with E-state index in [0.29, 0.717) is 0 Å². The molecule has 0 amide bonds. The number of nitrogens with zero attached hydrogens (tertiary/aromatic N) is 2. The van der Waals surface area contributed by atoms with Gasteiger partial charge in [-0.25, -0.2) is 4.39 Å². The second kappa shape index (κ2) is 8.32. The quantitative estimate of drug-likeness (QED) is 0.850. The van der Waals surface area contributed by atoms with Crippen LogP contribution in [0.4, 0.5) is 4.39 Å². The first kappa shape index (κ1) is 19.6. The van der Waals surface area contributed by atoms with Gasteiger partial charge in [-0.05, 0) is 42.6 Å². The average molecular weight is 382 g/mol. The van der Waals surface area contributed by atoms with Gasteiger partial charge in [-0.15, -0.1) is 0 Å². The van der Waals surface area contributed by atoms with Gasteiger partial charge in [0.2, 0.25) is 0 Å². The highest BCUT2D eigenvalue weighted by Crippen LogP contribution is 2.44. The second-order valence-electron chi connectivity index (χ2n) is 8.72. The molecule has 150 valence electrons. The van der Waals surface area contributed by atoms with Crippen molar-refractivity contribution in [1.29, 1.82) is 0 Å². The van der Waals surface area contributed by atoms with E-state index in [-0.39, 0.29) is 17.3 Å². The summed E-state index contributed by atoms with van der Waals surface area (Å²) < 4.78 is 14.8. The summed E-state index contributed by atoms with van der Waals surface area (Å²) in [7, 11) is 2.18. The molecule has 1 heterocycles. The molecule has 1 atom stereocenters. The predicted molar refractivity (Wildman–Crippen MR) is 113 cm³/mol. The van der Waals surface area contributed by atoms with E-state index < -0.39 is 0 Å². The molecule has 0 radical (unpaired) electrons. The first-order valence-electron chi connectivity index (χ1n) is 10.6. The highest BCUT2D eigenvalue weighted by molar-refractivity contribution is 5.40. The van der Waals surface area contributed by atoms with Crippen LogP contribution in [0.15, 0.2) is 48.5 Å². The molecule has 2 fully saturated rings. The van der Waals surface area contributed by atoms with Gasteiger partial charge in [0, 0.05) is 44.2 Å². The predicted octanol–water partition coefficient (Wildman–Crippen LogP) is 3.98. The van der Waals surface area contributed by atoms with E-state index >= 15 is 0 Å². The van der Waals surface area contributed by atoms with E-state index in [4.69, 9.17) is 5.73 Å². The number of likely N-dealkylation sites (N-methyl/N-ethyl adjacent to an activating group) is 1. The number of piperazine rings is 1. The van der Waals surface area contributed by atoms with Crippen molar-refractivity contribution in [1.82, 2.24) is 9.80 Å². The molecule has 1 saturated carbocycles. The molecule has 1 saturated heterocycles. The van der Waals surface area contributed by atoms with E-state index in [0.717, 1.165) is 69.5 Å². The van der Waals surface area contributed by atoms with Gasteiger partial charge in [-0.3, -0.25) is 4.90 Å². The van der Waals surface area contributed by atoms with E-state index in [9.17, 15) is 4.39 Å². The normalized spacial score (nSPS) is 21.7. The third-order valence-corrected chi connectivity index (χ3v) is 6.61. The van der Waals surface area contributed by atoms with Crippen LogP contribution in [-0.2, 0) is 6.54 Å². The van der Waals surface area contributed by atoms with E-state index in [1.54, 1.807) is 12.1 Å². The van der Waals surface area contributed by atoms with Crippen LogP contribution in [0.1, 0.15) is 48.3 Å². The summed E-state index contributed by atoms with van der Waals surface area (Å²) in [5.41, 5.74) is 9.73. The summed E-state index contributed by atoms with van der Waals surface area (Å²) in [6.07, 6.45) is 4.16. The zero-order valence-electron chi connectivity index (χ0n) is 16.9. The highest BCUT2D eigenvalue weighted by atomic mass is 19.1. The van der Waals surface area contributed by atoms with Gasteiger partial charge in [0.1, 0.15) is 5.82 Å². The fraction of sp³-hybridized carbons (Fsp3) is 0.500. The highest BCUT2D eigenvalue weighted by Gasteiger charge is 2.40. The van der Waals surface area contributed by atoms with Crippen molar-refractivity contribution in [3.63, 3.8) is 0 Å². The molecule has 1 unspecified atom stereocenters. The van der Waals surface area contributed by atoms with Crippen molar-refractivity contribution >= 4 is 0 Å². The number of benzene rings is 2. The first-order chi connectivity index (χ1) is 13.5. The van der Waals surface area contributed by atoms with Crippen LogP contribution in [0.25, 0.3) is 0 Å². The zero-order valence-corrected chi connectivity index (χ0v) is 16.9. The van der Waals surface area contributed by atoms with Crippen LogP contribution < -0.4 is 5.73 Å². The van der Waals surface area contributed by atoms with Crippen LogP contribution in [0.3, 0.4) is 0 Å². The summed E-state index contributed by atoms with van der Waals surface area (Å²) in [5, 5.41) is 0. The van der Waals surface area contributed by atoms with Gasteiger partial charge >= 0.3 is 0 Å². The van der Waals surface area contributed by atoms with E-state index in [2.05, 4.69) is 41.1 Å². The van der Waals surface area contributed by atoms with Gasteiger partial charge in [0.15, 0.2) is 0 Å². The van der Waals surface area contributed by atoms with Crippen molar-refractivity contribution < 1.29 is 4.39 Å². The lowest BCUT2D eigenvalue weighted by Crippen LogP contribution is -2.44. The Bertz CT molecular complexity index is 792. The SMILES string of the molecule is CN1CCN(Cc2cccc(C(c3ccccc3F)C3(N)CCCC3)c2)CC1. The molecule has 28 heavy (non-hydrogen) atoms. The second-order valence-corrected chi connectivity index (χ2v) is 8.72. The molecule has 2 N–H and O–H groups in total. The smallest absolute Gasteiger partial charge is 0.127 e. The fourth-order valence-corrected chi connectivity index (χ4v) is 4.99. The minimum absolute atomic E-state index is 0.0939. The van der Waals surface area contributed by atoms with Crippen molar-refractivity contribution in [2.24, 2.45) is 5.73 Å². The van der Waals surface area contributed by atoms with E-state index in [1.165, 1.54) is 5.56 Å². The Morgan fingerprint density at radius 3 is 2.43 bits per heavy atom. The molecule has 0 bridgehead atoms. The molecule has 4 rings (SSSR count). The Morgan fingerprint density at radius 2 is 1.71 bits per heavy atom. The Hall–Kier alpha value is -1.75. The molecule has 2 aromatic carbocycles. The van der Waals surface area contributed by atoms with Crippen LogP contribution in [0.2, 0.25) is 0 Å². The zero-order chi connectivity index (χ0) is 19.6. The lowest BCUT2D eigenvalue weighted by atomic mass is 9.74. The van der Waals surface area contributed by atoms with Crippen molar-refractivity contribution in [3.05, 3.63) is 71.0 Å². The first-order valence-corrected chi connectivity index (χ1v) is 10.6. The molecule has 2 aliphatic rings. The fourth-order valence-electron chi connectivity index (χ4n) is 4.99. The summed E-state index contributed by atoms with van der Waals surface area (Å²) in [6, 6.07) is 15.9. The van der Waals surface area contributed by atoms with Crippen LogP contribution in [0.5, 0.6) is 0 Å². The lowest BCUT2D eigenvalue weighted by molar-refractivity contribution is 0.148. The minimum Gasteiger partial charge on any atom is -0.324 e. The van der Waals surface area contributed by atoms with Gasteiger partial charge in [-0.1, -0.05) is 55.3 Å². The molecule has 0 spiro atoms. The average Bonchev–Trinajstić information content (AvgIpc) is 3.13. The molecular weight excluding hydrogens is 349 g/mol. The van der Waals surface area contributed by atoms with E-state index in [1.807, 2.05) is 12.1 Å². The number of hydrogen-bond acceptors (Lipinski definition) is 3. The Labute approximate surface area is 168 Å². The molecular formula is C24H32FN3. The van der Waals surface area contributed by atoms with Gasteiger partial charge < -0.3 is 10.6 Å². The van der Waals surface area contributed by atoms with Crippen LogP contribution >= 0.6 is 0 Å². The standard InChI is InChI=1S/C24H32FN3/c1-27-13-15-28(16-14-27)18-19-7-6-8-20(17-19)23(24(26)11-4-5-12-24)21-9-2-3-10-22(21)25/h2-3,6-10,17,23H,4-5,11-16,18,26H2,1H3. The summed E-state index contributed by atoms with van der Waals surface area (Å²) >= 11 is 0. The Balaban J connectivity index is 1.64. The third-order valence-electron chi connectivity index (χ3n) is 6.61. The summed E-state index contributed by atoms with van der Waals surface area (Å²) in [5.74, 6) is -0.239. The van der Waals surface area contributed by atoms with Gasteiger partial charge in [-0.2, -0.15) is 0 Å².